The smallest absolute Gasteiger partial charge is 0.358 e. The maximum atomic E-state index is 11.5. The summed E-state index contributed by atoms with van der Waals surface area (Å²) in [6.07, 6.45) is 7.87. The first-order valence-corrected chi connectivity index (χ1v) is 6.43. The van der Waals surface area contributed by atoms with Crippen molar-refractivity contribution in [3.05, 3.63) is 18.1 Å². The zero-order valence-corrected chi connectivity index (χ0v) is 10.9. The number of rotatable bonds is 3. The highest BCUT2D eigenvalue weighted by atomic mass is 16.5. The molecule has 1 aliphatic heterocycles. The summed E-state index contributed by atoms with van der Waals surface area (Å²) < 4.78 is 4.67. The Hall–Kier alpha value is -1.65. The predicted molar refractivity (Wildman–Crippen MR) is 68.6 cm³/mol. The van der Waals surface area contributed by atoms with Gasteiger partial charge in [0.2, 0.25) is 0 Å². The van der Waals surface area contributed by atoms with E-state index in [0.717, 1.165) is 18.8 Å². The largest absolute Gasteiger partial charge is 0.464 e. The lowest BCUT2D eigenvalue weighted by Crippen LogP contribution is -2.39. The van der Waals surface area contributed by atoms with Crippen LogP contribution in [0.5, 0.6) is 0 Å². The fraction of sp³-hybridized carbons (Fsp3) is 0.615. The third-order valence-corrected chi connectivity index (χ3v) is 3.41. The first-order valence-electron chi connectivity index (χ1n) is 6.43. The van der Waals surface area contributed by atoms with Crippen LogP contribution in [-0.2, 0) is 4.74 Å². The quantitative estimate of drug-likeness (QED) is 0.767. The van der Waals surface area contributed by atoms with E-state index in [1.165, 1.54) is 32.6 Å². The molecule has 1 atom stereocenters. The highest BCUT2D eigenvalue weighted by Crippen LogP contribution is 2.24. The van der Waals surface area contributed by atoms with Crippen molar-refractivity contribution in [3.63, 3.8) is 0 Å². The Balaban J connectivity index is 2.23. The van der Waals surface area contributed by atoms with E-state index in [0.29, 0.717) is 6.04 Å². The fourth-order valence-electron chi connectivity index (χ4n) is 2.42. The molecule has 0 aromatic carbocycles. The number of carbonyl (C=O) groups excluding carboxylic acids is 1. The molecule has 0 bridgehead atoms. The number of anilines is 1. The lowest BCUT2D eigenvalue weighted by Gasteiger charge is -2.36. The minimum atomic E-state index is -0.436. The molecule has 0 radical (unpaired) electrons. The summed E-state index contributed by atoms with van der Waals surface area (Å²) in [7, 11) is 1.35. The molecule has 98 valence electrons. The number of nitrogens with zero attached hydrogens (tertiary/aromatic N) is 3. The number of carbonyl (C=O) groups is 1. The van der Waals surface area contributed by atoms with Crippen LogP contribution in [0.2, 0.25) is 0 Å². The van der Waals surface area contributed by atoms with E-state index in [9.17, 15) is 4.79 Å². The zero-order valence-electron chi connectivity index (χ0n) is 10.9. The summed E-state index contributed by atoms with van der Waals surface area (Å²) in [4.78, 5) is 22.2. The van der Waals surface area contributed by atoms with Crippen molar-refractivity contribution >= 4 is 11.8 Å². The van der Waals surface area contributed by atoms with Crippen molar-refractivity contribution in [2.75, 3.05) is 18.6 Å². The van der Waals surface area contributed by atoms with Crippen molar-refractivity contribution in [1.29, 1.82) is 0 Å². The highest BCUT2D eigenvalue weighted by molar-refractivity contribution is 5.87. The Bertz CT molecular complexity index is 422. The highest BCUT2D eigenvalue weighted by Gasteiger charge is 2.23. The third-order valence-electron chi connectivity index (χ3n) is 3.41. The molecule has 2 rings (SSSR count). The minimum absolute atomic E-state index is 0.274. The van der Waals surface area contributed by atoms with Crippen molar-refractivity contribution in [2.24, 2.45) is 0 Å². The first kappa shape index (κ1) is 12.8. The van der Waals surface area contributed by atoms with Crippen molar-refractivity contribution in [2.45, 2.75) is 38.6 Å². The molecule has 1 unspecified atom stereocenters. The summed E-state index contributed by atoms with van der Waals surface area (Å²) in [5.41, 5.74) is 0.274. The molecule has 18 heavy (non-hydrogen) atoms. The normalized spacial score (nSPS) is 19.7. The molecule has 0 spiro atoms. The van der Waals surface area contributed by atoms with Crippen LogP contribution in [0.25, 0.3) is 0 Å². The SMILES string of the molecule is CCC1CCCCN1c1cncc(C(=O)OC)n1. The van der Waals surface area contributed by atoms with Crippen LogP contribution >= 0.6 is 0 Å². The average Bonchev–Trinajstić information content (AvgIpc) is 2.46. The van der Waals surface area contributed by atoms with Gasteiger partial charge in [-0.3, -0.25) is 4.98 Å². The minimum Gasteiger partial charge on any atom is -0.464 e. The number of esters is 1. The van der Waals surface area contributed by atoms with Crippen molar-refractivity contribution in [3.8, 4) is 0 Å². The topological polar surface area (TPSA) is 55.3 Å². The summed E-state index contributed by atoms with van der Waals surface area (Å²) in [6.45, 7) is 3.17. The van der Waals surface area contributed by atoms with E-state index in [1.54, 1.807) is 6.20 Å². The van der Waals surface area contributed by atoms with E-state index in [4.69, 9.17) is 0 Å². The average molecular weight is 249 g/mol. The monoisotopic (exact) mass is 249 g/mol. The van der Waals surface area contributed by atoms with Crippen LogP contribution in [0.1, 0.15) is 43.1 Å². The lowest BCUT2D eigenvalue weighted by atomic mass is 10.0. The summed E-state index contributed by atoms with van der Waals surface area (Å²) in [6, 6.07) is 0.501. The Labute approximate surface area is 107 Å². The second-order valence-corrected chi connectivity index (χ2v) is 4.51. The van der Waals surface area contributed by atoms with E-state index >= 15 is 0 Å². The Morgan fingerprint density at radius 2 is 2.33 bits per heavy atom. The molecular formula is C13H19N3O2. The van der Waals surface area contributed by atoms with Gasteiger partial charge in [0.05, 0.1) is 19.5 Å². The maximum absolute atomic E-state index is 11.5. The van der Waals surface area contributed by atoms with Crippen LogP contribution in [0, 0.1) is 0 Å². The molecule has 0 saturated carbocycles. The second kappa shape index (κ2) is 5.80. The van der Waals surface area contributed by atoms with Crippen LogP contribution in [0.4, 0.5) is 5.82 Å². The molecule has 0 N–H and O–H groups in total. The van der Waals surface area contributed by atoms with Gasteiger partial charge >= 0.3 is 5.97 Å². The number of aromatic nitrogens is 2. The summed E-state index contributed by atoms with van der Waals surface area (Å²) in [5.74, 6) is 0.346. The third kappa shape index (κ3) is 2.60. The number of piperidine rings is 1. The predicted octanol–water partition coefficient (Wildman–Crippen LogP) is 2.03. The number of ether oxygens (including phenoxy) is 1. The van der Waals surface area contributed by atoms with Gasteiger partial charge in [0.1, 0.15) is 5.82 Å². The van der Waals surface area contributed by atoms with Crippen molar-refractivity contribution in [1.82, 2.24) is 9.97 Å². The molecule has 5 heteroatoms. The van der Waals surface area contributed by atoms with Gasteiger partial charge in [-0.15, -0.1) is 0 Å². The molecule has 1 fully saturated rings. The lowest BCUT2D eigenvalue weighted by molar-refractivity contribution is 0.0593. The van der Waals surface area contributed by atoms with E-state index in [-0.39, 0.29) is 5.69 Å². The fourth-order valence-corrected chi connectivity index (χ4v) is 2.42. The van der Waals surface area contributed by atoms with Gasteiger partial charge in [-0.25, -0.2) is 9.78 Å². The summed E-state index contributed by atoms with van der Waals surface area (Å²) in [5, 5.41) is 0. The second-order valence-electron chi connectivity index (χ2n) is 4.51. The molecule has 1 aromatic rings. The van der Waals surface area contributed by atoms with Crippen LogP contribution in [-0.4, -0.2) is 35.6 Å². The molecule has 1 aliphatic rings. The van der Waals surface area contributed by atoms with Crippen molar-refractivity contribution < 1.29 is 9.53 Å². The molecule has 0 amide bonds. The van der Waals surface area contributed by atoms with E-state index in [1.807, 2.05) is 0 Å². The van der Waals surface area contributed by atoms with Crippen LogP contribution in [0.15, 0.2) is 12.4 Å². The molecule has 5 nitrogen and oxygen atoms in total. The van der Waals surface area contributed by atoms with E-state index in [2.05, 4.69) is 26.5 Å². The number of hydrogen-bond acceptors (Lipinski definition) is 5. The molecule has 2 heterocycles. The number of methoxy groups -OCH3 is 1. The Kier molecular flexibility index (Phi) is 4.12. The maximum Gasteiger partial charge on any atom is 0.358 e. The summed E-state index contributed by atoms with van der Waals surface area (Å²) >= 11 is 0. The van der Waals surface area contributed by atoms with E-state index < -0.39 is 5.97 Å². The molecule has 1 aromatic heterocycles. The van der Waals surface area contributed by atoms with Gasteiger partial charge < -0.3 is 9.64 Å². The van der Waals surface area contributed by atoms with Gasteiger partial charge in [-0.05, 0) is 25.7 Å². The number of hydrogen-bond donors (Lipinski definition) is 0. The Morgan fingerprint density at radius 3 is 3.06 bits per heavy atom. The van der Waals surface area contributed by atoms with Gasteiger partial charge in [-0.2, -0.15) is 0 Å². The Morgan fingerprint density at radius 1 is 1.50 bits per heavy atom. The standard InChI is InChI=1S/C13H19N3O2/c1-3-10-6-4-5-7-16(10)12-9-14-8-11(15-12)13(17)18-2/h8-10H,3-7H2,1-2H3. The molecule has 1 saturated heterocycles. The van der Waals surface area contributed by atoms with Gasteiger partial charge in [-0.1, -0.05) is 6.92 Å². The van der Waals surface area contributed by atoms with Crippen LogP contribution in [0.3, 0.4) is 0 Å². The van der Waals surface area contributed by atoms with Gasteiger partial charge in [0.25, 0.3) is 0 Å². The van der Waals surface area contributed by atoms with Gasteiger partial charge in [0.15, 0.2) is 5.69 Å². The molecular weight excluding hydrogens is 230 g/mol. The first-order chi connectivity index (χ1) is 8.76. The van der Waals surface area contributed by atoms with Gasteiger partial charge in [0, 0.05) is 12.6 Å². The molecule has 0 aliphatic carbocycles. The zero-order chi connectivity index (χ0) is 13.0. The van der Waals surface area contributed by atoms with Crippen LogP contribution < -0.4 is 4.90 Å².